The fourth-order valence-corrected chi connectivity index (χ4v) is 4.15. The number of hydrogen-bond acceptors (Lipinski definition) is 3. The van der Waals surface area contributed by atoms with Crippen molar-refractivity contribution in [2.75, 3.05) is 29.3 Å². The van der Waals surface area contributed by atoms with Gasteiger partial charge < -0.3 is 4.90 Å². The highest BCUT2D eigenvalue weighted by Gasteiger charge is 2.20. The Morgan fingerprint density at radius 3 is 2.17 bits per heavy atom. The Kier molecular flexibility index (Phi) is 4.76. The molecule has 0 amide bonds. The average molecular weight is 348 g/mol. The second-order valence-corrected chi connectivity index (χ2v) is 8.06. The third kappa shape index (κ3) is 3.70. The number of anilines is 2. The predicted molar refractivity (Wildman–Crippen MR) is 95.3 cm³/mol. The number of sulfonamides is 1. The molecule has 24 heavy (non-hydrogen) atoms. The van der Waals surface area contributed by atoms with Gasteiger partial charge in [0.2, 0.25) is 10.0 Å². The molecule has 1 aliphatic rings. The van der Waals surface area contributed by atoms with Gasteiger partial charge in [-0.2, -0.15) is 0 Å². The molecule has 0 aromatic heterocycles. The van der Waals surface area contributed by atoms with E-state index in [4.69, 9.17) is 0 Å². The number of hydrogen-bond donors (Lipinski definition) is 0. The van der Waals surface area contributed by atoms with Gasteiger partial charge in [0, 0.05) is 25.8 Å². The Morgan fingerprint density at radius 2 is 1.58 bits per heavy atom. The molecule has 2 aromatic rings. The molecule has 0 N–H and O–H groups in total. The van der Waals surface area contributed by atoms with Crippen LogP contribution in [-0.4, -0.2) is 28.6 Å². The summed E-state index contributed by atoms with van der Waals surface area (Å²) in [5.74, 6) is -0.528. The second kappa shape index (κ2) is 6.81. The Bertz CT molecular complexity index is 783. The van der Waals surface area contributed by atoms with Crippen molar-refractivity contribution in [1.29, 1.82) is 0 Å². The summed E-state index contributed by atoms with van der Waals surface area (Å²) >= 11 is 0. The lowest BCUT2D eigenvalue weighted by Gasteiger charge is -2.22. The van der Waals surface area contributed by atoms with Gasteiger partial charge >= 0.3 is 0 Å². The van der Waals surface area contributed by atoms with Crippen molar-refractivity contribution in [2.24, 2.45) is 0 Å². The van der Waals surface area contributed by atoms with Gasteiger partial charge in [0.25, 0.3) is 0 Å². The minimum absolute atomic E-state index is 0.155. The molecule has 4 nitrogen and oxygen atoms in total. The molecule has 0 radical (unpaired) electrons. The largest absolute Gasteiger partial charge is 0.372 e. The van der Waals surface area contributed by atoms with E-state index in [1.54, 1.807) is 7.05 Å². The molecular formula is C18H21FN2O2S. The topological polar surface area (TPSA) is 40.6 Å². The van der Waals surface area contributed by atoms with Crippen molar-refractivity contribution in [3.05, 3.63) is 59.9 Å². The smallest absolute Gasteiger partial charge is 0.239 e. The van der Waals surface area contributed by atoms with Gasteiger partial charge in [0.15, 0.2) is 0 Å². The van der Waals surface area contributed by atoms with Gasteiger partial charge in [0.1, 0.15) is 5.82 Å². The van der Waals surface area contributed by atoms with E-state index in [2.05, 4.69) is 4.90 Å². The number of nitrogens with zero attached hydrogens (tertiary/aromatic N) is 2. The molecule has 0 unspecified atom stereocenters. The summed E-state index contributed by atoms with van der Waals surface area (Å²) in [5.41, 5.74) is 2.32. The molecule has 3 rings (SSSR count). The van der Waals surface area contributed by atoms with Crippen LogP contribution in [-0.2, 0) is 15.8 Å². The van der Waals surface area contributed by atoms with E-state index in [9.17, 15) is 12.8 Å². The summed E-state index contributed by atoms with van der Waals surface area (Å²) in [6.45, 7) is 2.11. The monoisotopic (exact) mass is 348 g/mol. The minimum atomic E-state index is -3.51. The van der Waals surface area contributed by atoms with E-state index >= 15 is 0 Å². The van der Waals surface area contributed by atoms with Crippen LogP contribution < -0.4 is 9.21 Å². The normalized spacial score (nSPS) is 14.8. The Balaban J connectivity index is 1.74. The predicted octanol–water partition coefficient (Wildman–Crippen LogP) is 3.39. The zero-order valence-corrected chi connectivity index (χ0v) is 14.5. The zero-order valence-electron chi connectivity index (χ0n) is 13.7. The quantitative estimate of drug-likeness (QED) is 0.832. The molecular weight excluding hydrogens is 327 g/mol. The molecule has 0 aliphatic carbocycles. The van der Waals surface area contributed by atoms with E-state index < -0.39 is 10.0 Å². The fraction of sp³-hybridized carbons (Fsp3) is 0.333. The molecule has 1 aliphatic heterocycles. The van der Waals surface area contributed by atoms with Crippen LogP contribution in [0, 0.1) is 5.82 Å². The summed E-state index contributed by atoms with van der Waals surface area (Å²) in [7, 11) is -1.97. The molecule has 0 saturated carbocycles. The highest BCUT2D eigenvalue weighted by Crippen LogP contribution is 2.25. The van der Waals surface area contributed by atoms with Gasteiger partial charge in [-0.05, 0) is 54.8 Å². The lowest BCUT2D eigenvalue weighted by atomic mass is 10.2. The number of halogens is 1. The molecule has 0 spiro atoms. The summed E-state index contributed by atoms with van der Waals surface area (Å²) < 4.78 is 39.3. The van der Waals surface area contributed by atoms with Crippen LogP contribution in [0.3, 0.4) is 0 Å². The molecule has 1 saturated heterocycles. The van der Waals surface area contributed by atoms with Gasteiger partial charge in [0.05, 0.1) is 11.4 Å². The third-order valence-electron chi connectivity index (χ3n) is 4.36. The van der Waals surface area contributed by atoms with Crippen LogP contribution in [0.1, 0.15) is 18.4 Å². The first kappa shape index (κ1) is 16.8. The van der Waals surface area contributed by atoms with E-state index in [1.165, 1.54) is 41.4 Å². The fourth-order valence-electron chi connectivity index (χ4n) is 2.90. The second-order valence-electron chi connectivity index (χ2n) is 6.06. The Labute approximate surface area is 142 Å². The van der Waals surface area contributed by atoms with Gasteiger partial charge in [-0.1, -0.05) is 12.1 Å². The third-order valence-corrected chi connectivity index (χ3v) is 6.11. The van der Waals surface area contributed by atoms with Crippen molar-refractivity contribution in [3.8, 4) is 0 Å². The standard InChI is InChI=1S/C18H21FN2O2S/c1-20(24(22,23)14-15-4-6-16(19)7-5-15)17-8-10-18(11-9-17)21-12-2-3-13-21/h4-11H,2-3,12-14H2,1H3. The van der Waals surface area contributed by atoms with E-state index in [-0.39, 0.29) is 11.6 Å². The zero-order chi connectivity index (χ0) is 17.2. The summed E-state index contributed by atoms with van der Waals surface area (Å²) in [6.07, 6.45) is 2.40. The van der Waals surface area contributed by atoms with Crippen molar-refractivity contribution in [1.82, 2.24) is 0 Å². The number of benzene rings is 2. The highest BCUT2D eigenvalue weighted by atomic mass is 32.2. The van der Waals surface area contributed by atoms with Crippen LogP contribution >= 0.6 is 0 Å². The molecule has 0 atom stereocenters. The highest BCUT2D eigenvalue weighted by molar-refractivity contribution is 7.92. The molecule has 2 aromatic carbocycles. The van der Waals surface area contributed by atoms with E-state index in [0.717, 1.165) is 18.8 Å². The van der Waals surface area contributed by atoms with Crippen LogP contribution in [0.2, 0.25) is 0 Å². The van der Waals surface area contributed by atoms with Gasteiger partial charge in [-0.3, -0.25) is 4.31 Å². The Hall–Kier alpha value is -2.08. The van der Waals surface area contributed by atoms with E-state index in [1.807, 2.05) is 24.3 Å². The van der Waals surface area contributed by atoms with Crippen LogP contribution in [0.5, 0.6) is 0 Å². The molecule has 6 heteroatoms. The van der Waals surface area contributed by atoms with Gasteiger partial charge in [-0.25, -0.2) is 12.8 Å². The number of rotatable bonds is 5. The lowest BCUT2D eigenvalue weighted by Crippen LogP contribution is -2.28. The molecule has 1 heterocycles. The van der Waals surface area contributed by atoms with Crippen LogP contribution in [0.15, 0.2) is 48.5 Å². The summed E-state index contributed by atoms with van der Waals surface area (Å²) in [6, 6.07) is 13.1. The van der Waals surface area contributed by atoms with Gasteiger partial charge in [-0.15, -0.1) is 0 Å². The maximum atomic E-state index is 12.9. The maximum Gasteiger partial charge on any atom is 0.239 e. The van der Waals surface area contributed by atoms with Crippen molar-refractivity contribution < 1.29 is 12.8 Å². The van der Waals surface area contributed by atoms with Crippen molar-refractivity contribution >= 4 is 21.4 Å². The first-order chi connectivity index (χ1) is 11.5. The minimum Gasteiger partial charge on any atom is -0.372 e. The summed E-state index contributed by atoms with van der Waals surface area (Å²) in [5, 5.41) is 0. The van der Waals surface area contributed by atoms with Crippen molar-refractivity contribution in [3.63, 3.8) is 0 Å². The Morgan fingerprint density at radius 1 is 1.00 bits per heavy atom. The van der Waals surface area contributed by atoms with Crippen LogP contribution in [0.4, 0.5) is 15.8 Å². The van der Waals surface area contributed by atoms with E-state index in [0.29, 0.717) is 11.3 Å². The molecule has 1 fully saturated rings. The first-order valence-corrected chi connectivity index (χ1v) is 9.63. The average Bonchev–Trinajstić information content (AvgIpc) is 3.11. The maximum absolute atomic E-state index is 12.9. The van der Waals surface area contributed by atoms with Crippen LogP contribution in [0.25, 0.3) is 0 Å². The SMILES string of the molecule is CN(c1ccc(N2CCCC2)cc1)S(=O)(=O)Cc1ccc(F)cc1. The lowest BCUT2D eigenvalue weighted by molar-refractivity contribution is 0.593. The van der Waals surface area contributed by atoms with Crippen molar-refractivity contribution in [2.45, 2.75) is 18.6 Å². The summed E-state index contributed by atoms with van der Waals surface area (Å²) in [4.78, 5) is 2.30. The molecule has 0 bridgehead atoms. The first-order valence-electron chi connectivity index (χ1n) is 8.02. The molecule has 128 valence electrons.